The highest BCUT2D eigenvalue weighted by atomic mass is 16.7. The first-order valence-electron chi connectivity index (χ1n) is 30.4. The molecule has 1 fully saturated rings. The van der Waals surface area contributed by atoms with Crippen molar-refractivity contribution in [1.82, 2.24) is 5.32 Å². The molecule has 6 N–H and O–H groups in total. The highest BCUT2D eigenvalue weighted by Crippen LogP contribution is 2.23. The molecule has 0 spiro atoms. The van der Waals surface area contributed by atoms with E-state index in [0.717, 1.165) is 116 Å². The summed E-state index contributed by atoms with van der Waals surface area (Å²) in [5.41, 5.74) is 0. The largest absolute Gasteiger partial charge is 0.394 e. The summed E-state index contributed by atoms with van der Waals surface area (Å²) in [5, 5.41) is 54.4. The molecule has 7 unspecified atom stereocenters. The average Bonchev–Trinajstić information content (AvgIpc) is 3.42. The van der Waals surface area contributed by atoms with Crippen LogP contribution in [0.15, 0.2) is 134 Å². The lowest BCUT2D eigenvalue weighted by molar-refractivity contribution is -0.302. The number of carbonyl (C=O) groups excluding carboxylic acids is 1. The molecule has 1 heterocycles. The second-order valence-electron chi connectivity index (χ2n) is 20.4. The minimum Gasteiger partial charge on any atom is -0.394 e. The van der Waals surface area contributed by atoms with Gasteiger partial charge in [0.2, 0.25) is 5.91 Å². The highest BCUT2D eigenvalue weighted by molar-refractivity contribution is 5.76. The molecule has 1 saturated heterocycles. The molecule has 9 heteroatoms. The first kappa shape index (κ1) is 70.3. The predicted octanol–water partition coefficient (Wildman–Crippen LogP) is 15.7. The second-order valence-corrected chi connectivity index (χ2v) is 20.4. The zero-order valence-electron chi connectivity index (χ0n) is 48.0. The van der Waals surface area contributed by atoms with Crippen molar-refractivity contribution in [2.45, 2.75) is 269 Å². The fraction of sp³-hybridized carbons (Fsp3) is 0.657. The molecule has 1 aliphatic rings. The lowest BCUT2D eigenvalue weighted by Gasteiger charge is -2.40. The van der Waals surface area contributed by atoms with Gasteiger partial charge in [-0.1, -0.05) is 257 Å². The zero-order valence-corrected chi connectivity index (χ0v) is 48.0. The molecule has 1 rings (SSSR count). The van der Waals surface area contributed by atoms with Gasteiger partial charge < -0.3 is 40.3 Å². The predicted molar refractivity (Wildman–Crippen MR) is 322 cm³/mol. The van der Waals surface area contributed by atoms with Gasteiger partial charge in [-0.2, -0.15) is 0 Å². The van der Waals surface area contributed by atoms with Gasteiger partial charge in [-0.25, -0.2) is 0 Å². The Morgan fingerprint density at radius 3 is 1.21 bits per heavy atom. The van der Waals surface area contributed by atoms with Crippen molar-refractivity contribution < 1.29 is 39.8 Å². The van der Waals surface area contributed by atoms with E-state index in [-0.39, 0.29) is 12.5 Å². The third kappa shape index (κ3) is 43.3. The molecule has 9 nitrogen and oxygen atoms in total. The summed E-state index contributed by atoms with van der Waals surface area (Å²) in [6.45, 7) is 3.64. The van der Waals surface area contributed by atoms with Crippen LogP contribution < -0.4 is 5.32 Å². The molecule has 0 saturated carbocycles. The molecule has 7 atom stereocenters. The van der Waals surface area contributed by atoms with Crippen molar-refractivity contribution in [1.29, 1.82) is 0 Å². The fourth-order valence-corrected chi connectivity index (χ4v) is 8.71. The molecular weight excluding hydrogens is 947 g/mol. The van der Waals surface area contributed by atoms with Crippen LogP contribution in [0.5, 0.6) is 0 Å². The Morgan fingerprint density at radius 1 is 0.461 bits per heavy atom. The Balaban J connectivity index is 2.12. The third-order valence-corrected chi connectivity index (χ3v) is 13.5. The number of rotatable bonds is 50. The molecule has 0 radical (unpaired) electrons. The summed E-state index contributed by atoms with van der Waals surface area (Å²) in [5.74, 6) is -0.188. The van der Waals surface area contributed by atoms with Gasteiger partial charge in [-0.3, -0.25) is 4.79 Å². The first-order chi connectivity index (χ1) is 37.3. The van der Waals surface area contributed by atoms with E-state index in [4.69, 9.17) is 9.47 Å². The van der Waals surface area contributed by atoms with Crippen LogP contribution in [0.2, 0.25) is 0 Å². The molecule has 0 aliphatic carbocycles. The maximum atomic E-state index is 13.0. The number of hydrogen-bond acceptors (Lipinski definition) is 8. The zero-order chi connectivity index (χ0) is 55.0. The van der Waals surface area contributed by atoms with Crippen molar-refractivity contribution in [3.63, 3.8) is 0 Å². The number of hydrogen-bond donors (Lipinski definition) is 6. The number of amides is 1. The Bertz CT molecular complexity index is 1650. The van der Waals surface area contributed by atoms with Crippen LogP contribution in [0.3, 0.4) is 0 Å². The molecule has 1 amide bonds. The normalized spacial score (nSPS) is 19.8. The molecular formula is C67H111NO8. The fourth-order valence-electron chi connectivity index (χ4n) is 8.71. The molecule has 432 valence electrons. The number of unbranched alkanes of at least 4 members (excludes halogenated alkanes) is 20. The van der Waals surface area contributed by atoms with E-state index in [1.807, 2.05) is 6.08 Å². The molecule has 0 aromatic heterocycles. The number of carbonyl (C=O) groups is 1. The summed E-state index contributed by atoms with van der Waals surface area (Å²) >= 11 is 0. The number of allylic oxidation sites excluding steroid dienone is 21. The Hall–Kier alpha value is -3.67. The van der Waals surface area contributed by atoms with E-state index in [0.29, 0.717) is 6.42 Å². The number of aliphatic hydroxyl groups is 5. The van der Waals surface area contributed by atoms with Crippen molar-refractivity contribution in [2.75, 3.05) is 13.2 Å². The van der Waals surface area contributed by atoms with Crippen LogP contribution in [0.4, 0.5) is 0 Å². The van der Waals surface area contributed by atoms with Gasteiger partial charge in [-0.15, -0.1) is 0 Å². The molecule has 0 aromatic rings. The number of ether oxygens (including phenoxy) is 2. The van der Waals surface area contributed by atoms with Gasteiger partial charge in [0.15, 0.2) is 6.29 Å². The van der Waals surface area contributed by atoms with Crippen LogP contribution in [-0.4, -0.2) is 87.5 Å². The van der Waals surface area contributed by atoms with E-state index >= 15 is 0 Å². The SMILES string of the molecule is CC/C=C\C/C=C\C/C=C\C/C=C\C/C=C\C/C=C\C/C=C\C/C=C\C/C=C\C/C=C\CCCCCCCCCCCCC(=O)NC(COC1OC(CO)C(O)C(O)C1O)C(O)/C=C/CCCCCCCCCCCC. The summed E-state index contributed by atoms with van der Waals surface area (Å²) < 4.78 is 11.2. The minimum atomic E-state index is -1.57. The Labute approximate surface area is 464 Å². The Morgan fingerprint density at radius 2 is 0.816 bits per heavy atom. The second kappa shape index (κ2) is 54.7. The number of aliphatic hydroxyl groups excluding tert-OH is 5. The standard InChI is InChI=1S/C67H111NO8/c1-3-5-7-9-11-13-15-17-18-19-20-21-22-23-24-25-26-27-28-29-30-31-32-33-34-35-36-37-38-39-40-41-42-43-44-45-47-49-51-53-55-57-63(71)68-60(59-75-67-66(74)65(73)64(72)62(58-69)76-67)61(70)56-54-52-50-48-46-16-14-12-10-8-6-4-2/h5,7,11,13,17-18,20-21,23-24,26-27,29-30,32-33,35-36,38-39,54,56,60-62,64-67,69-70,72-74H,3-4,6,8-10,12,14-16,19,22,25,28,31,34,37,40-53,55,57-59H2,1-2H3,(H,68,71)/b7-5-,13-11-,18-17-,21-20-,24-23-,27-26-,30-29-,33-32-,36-35-,39-38-,56-54+. The maximum absolute atomic E-state index is 13.0. The highest BCUT2D eigenvalue weighted by Gasteiger charge is 2.44. The van der Waals surface area contributed by atoms with Crippen LogP contribution in [0.1, 0.15) is 226 Å². The summed E-state index contributed by atoms with van der Waals surface area (Å²) in [6, 6.07) is -0.814. The Kier molecular flexibility index (Phi) is 50.6. The van der Waals surface area contributed by atoms with Crippen molar-refractivity contribution >= 4 is 5.91 Å². The lowest BCUT2D eigenvalue weighted by atomic mass is 9.99. The average molecular weight is 1060 g/mol. The molecule has 0 aromatic carbocycles. The monoisotopic (exact) mass is 1060 g/mol. The van der Waals surface area contributed by atoms with Crippen molar-refractivity contribution in [2.24, 2.45) is 0 Å². The molecule has 1 aliphatic heterocycles. The van der Waals surface area contributed by atoms with Crippen molar-refractivity contribution in [3.05, 3.63) is 134 Å². The van der Waals surface area contributed by atoms with Crippen LogP contribution in [0, 0.1) is 0 Å². The topological polar surface area (TPSA) is 149 Å². The van der Waals surface area contributed by atoms with E-state index in [2.05, 4.69) is 141 Å². The summed E-state index contributed by atoms with van der Waals surface area (Å²) in [4.78, 5) is 13.0. The van der Waals surface area contributed by atoms with E-state index < -0.39 is 49.5 Å². The van der Waals surface area contributed by atoms with Gasteiger partial charge in [0.05, 0.1) is 25.4 Å². The van der Waals surface area contributed by atoms with Crippen LogP contribution in [-0.2, 0) is 14.3 Å². The van der Waals surface area contributed by atoms with E-state index in [1.165, 1.54) is 89.9 Å². The quantitative estimate of drug-likeness (QED) is 0.0261. The maximum Gasteiger partial charge on any atom is 0.220 e. The van der Waals surface area contributed by atoms with Crippen LogP contribution in [0.25, 0.3) is 0 Å². The van der Waals surface area contributed by atoms with Gasteiger partial charge >= 0.3 is 0 Å². The summed E-state index contributed by atoms with van der Waals surface area (Å²) in [7, 11) is 0. The van der Waals surface area contributed by atoms with E-state index in [9.17, 15) is 30.3 Å². The van der Waals surface area contributed by atoms with Crippen LogP contribution >= 0.6 is 0 Å². The van der Waals surface area contributed by atoms with E-state index in [1.54, 1.807) is 6.08 Å². The minimum absolute atomic E-state index is 0.188. The van der Waals surface area contributed by atoms with Crippen molar-refractivity contribution in [3.8, 4) is 0 Å². The first-order valence-corrected chi connectivity index (χ1v) is 30.4. The van der Waals surface area contributed by atoms with Gasteiger partial charge in [0.25, 0.3) is 0 Å². The number of nitrogens with one attached hydrogen (secondary N) is 1. The third-order valence-electron chi connectivity index (χ3n) is 13.5. The molecule has 76 heavy (non-hydrogen) atoms. The van der Waals surface area contributed by atoms with Gasteiger partial charge in [0, 0.05) is 6.42 Å². The summed E-state index contributed by atoms with van der Waals surface area (Å²) in [6.07, 6.45) is 76.7. The smallest absolute Gasteiger partial charge is 0.220 e. The van der Waals surface area contributed by atoms with Gasteiger partial charge in [0.1, 0.15) is 24.4 Å². The lowest BCUT2D eigenvalue weighted by Crippen LogP contribution is -2.60. The van der Waals surface area contributed by atoms with Gasteiger partial charge in [-0.05, 0) is 96.3 Å². The molecule has 0 bridgehead atoms.